The van der Waals surface area contributed by atoms with Gasteiger partial charge >= 0.3 is 0 Å². The number of allylic oxidation sites excluding steroid dienone is 1. The highest BCUT2D eigenvalue weighted by atomic mass is 32.2. The van der Waals surface area contributed by atoms with Gasteiger partial charge in [-0.2, -0.15) is 0 Å². The van der Waals surface area contributed by atoms with Crippen molar-refractivity contribution in [1.29, 1.82) is 0 Å². The Bertz CT molecular complexity index is 621. The third-order valence-corrected chi connectivity index (χ3v) is 9.12. The van der Waals surface area contributed by atoms with Gasteiger partial charge in [0.1, 0.15) is 5.78 Å². The molecule has 0 aromatic rings. The van der Waals surface area contributed by atoms with Gasteiger partial charge in [-0.3, -0.25) is 9.59 Å². The van der Waals surface area contributed by atoms with E-state index in [1.54, 1.807) is 11.8 Å². The first-order valence-corrected chi connectivity index (χ1v) is 10.8. The van der Waals surface area contributed by atoms with Gasteiger partial charge in [0.15, 0.2) is 5.78 Å². The second-order valence-corrected chi connectivity index (χ2v) is 10.2. The molecule has 4 aliphatic rings. The first-order chi connectivity index (χ1) is 11.4. The molecule has 3 fully saturated rings. The van der Waals surface area contributed by atoms with Gasteiger partial charge in [0.25, 0.3) is 0 Å². The molecule has 2 nitrogen and oxygen atoms in total. The summed E-state index contributed by atoms with van der Waals surface area (Å²) in [5, 5.41) is 0. The monoisotopic (exact) mass is 346 g/mol. The average Bonchev–Trinajstić information content (AvgIpc) is 2.86. The van der Waals surface area contributed by atoms with Crippen LogP contribution in [0.15, 0.2) is 10.5 Å². The summed E-state index contributed by atoms with van der Waals surface area (Å²) in [6, 6.07) is 0. The molecule has 24 heavy (non-hydrogen) atoms. The maximum Gasteiger partial charge on any atom is 0.169 e. The summed E-state index contributed by atoms with van der Waals surface area (Å²) >= 11 is 1.78. The number of hydrogen-bond acceptors (Lipinski definition) is 3. The Hall–Kier alpha value is -0.570. The number of carbonyl (C=O) groups excluding carboxylic acids is 2. The third-order valence-electron chi connectivity index (χ3n) is 8.07. The summed E-state index contributed by atoms with van der Waals surface area (Å²) in [5.74, 6) is 3.89. The van der Waals surface area contributed by atoms with E-state index >= 15 is 0 Å². The van der Waals surface area contributed by atoms with Crippen molar-refractivity contribution in [2.75, 3.05) is 5.75 Å². The fourth-order valence-corrected chi connectivity index (χ4v) is 7.81. The van der Waals surface area contributed by atoms with E-state index in [1.807, 2.05) is 0 Å². The third kappa shape index (κ3) is 2.15. The summed E-state index contributed by atoms with van der Waals surface area (Å²) in [6.45, 7) is 6.85. The van der Waals surface area contributed by atoms with Crippen molar-refractivity contribution in [3.05, 3.63) is 10.5 Å². The molecule has 0 amide bonds. The molecule has 0 saturated heterocycles. The molecule has 0 aliphatic heterocycles. The minimum Gasteiger partial charge on any atom is -0.299 e. The van der Waals surface area contributed by atoms with Gasteiger partial charge in [0, 0.05) is 18.3 Å². The molecule has 0 radical (unpaired) electrons. The van der Waals surface area contributed by atoms with Crippen LogP contribution in [0.1, 0.15) is 72.1 Å². The second kappa shape index (κ2) is 5.72. The minimum atomic E-state index is -0.0375. The van der Waals surface area contributed by atoms with E-state index in [2.05, 4.69) is 20.8 Å². The van der Waals surface area contributed by atoms with E-state index in [9.17, 15) is 9.59 Å². The zero-order valence-electron chi connectivity index (χ0n) is 15.3. The molecule has 0 heterocycles. The molecule has 0 aromatic heterocycles. The van der Waals surface area contributed by atoms with Crippen molar-refractivity contribution in [3.63, 3.8) is 0 Å². The van der Waals surface area contributed by atoms with Crippen LogP contribution in [-0.2, 0) is 9.59 Å². The van der Waals surface area contributed by atoms with Crippen LogP contribution in [0, 0.1) is 28.6 Å². The van der Waals surface area contributed by atoms with Crippen molar-refractivity contribution >= 4 is 23.3 Å². The van der Waals surface area contributed by atoms with Gasteiger partial charge in [0.2, 0.25) is 0 Å². The van der Waals surface area contributed by atoms with E-state index in [1.165, 1.54) is 18.4 Å². The van der Waals surface area contributed by atoms with Crippen molar-refractivity contribution in [3.8, 4) is 0 Å². The average molecular weight is 347 g/mol. The number of carbonyl (C=O) groups is 2. The Labute approximate surface area is 150 Å². The van der Waals surface area contributed by atoms with Gasteiger partial charge < -0.3 is 0 Å². The lowest BCUT2D eigenvalue weighted by Crippen LogP contribution is -2.51. The molecule has 4 aliphatic carbocycles. The van der Waals surface area contributed by atoms with Crippen molar-refractivity contribution in [2.24, 2.45) is 28.6 Å². The Morgan fingerprint density at radius 2 is 1.71 bits per heavy atom. The fourth-order valence-electron chi connectivity index (χ4n) is 6.75. The van der Waals surface area contributed by atoms with Crippen LogP contribution in [-0.4, -0.2) is 17.3 Å². The number of ketones is 2. The molecule has 5 atom stereocenters. The predicted molar refractivity (Wildman–Crippen MR) is 98.8 cm³/mol. The van der Waals surface area contributed by atoms with Gasteiger partial charge in [-0.15, -0.1) is 11.8 Å². The molecule has 132 valence electrons. The quantitative estimate of drug-likeness (QED) is 0.692. The first-order valence-electron chi connectivity index (χ1n) is 9.84. The van der Waals surface area contributed by atoms with Crippen molar-refractivity contribution < 1.29 is 9.59 Å². The van der Waals surface area contributed by atoms with E-state index in [0.717, 1.165) is 49.2 Å². The molecular weight excluding hydrogens is 316 g/mol. The molecule has 4 rings (SSSR count). The molecule has 0 unspecified atom stereocenters. The lowest BCUT2D eigenvalue weighted by Gasteiger charge is -2.57. The zero-order chi connectivity index (χ0) is 17.1. The van der Waals surface area contributed by atoms with Crippen LogP contribution >= 0.6 is 11.8 Å². The summed E-state index contributed by atoms with van der Waals surface area (Å²) < 4.78 is 0. The highest BCUT2D eigenvalue weighted by molar-refractivity contribution is 8.04. The number of fused-ring (bicyclic) bond motifs is 5. The number of hydrogen-bond donors (Lipinski definition) is 0. The molecule has 0 aromatic carbocycles. The van der Waals surface area contributed by atoms with E-state index in [-0.39, 0.29) is 10.8 Å². The van der Waals surface area contributed by atoms with Gasteiger partial charge in [-0.05, 0) is 73.0 Å². The first kappa shape index (κ1) is 16.9. The normalized spacial score (nSPS) is 45.0. The summed E-state index contributed by atoms with van der Waals surface area (Å²) in [5.41, 5.74) is 1.66. The van der Waals surface area contributed by atoms with Gasteiger partial charge in [-0.25, -0.2) is 0 Å². The maximum atomic E-state index is 12.5. The molecule has 0 bridgehead atoms. The largest absolute Gasteiger partial charge is 0.299 e. The molecule has 3 heteroatoms. The summed E-state index contributed by atoms with van der Waals surface area (Å²) in [7, 11) is 0. The number of rotatable bonds is 2. The van der Waals surface area contributed by atoms with Crippen LogP contribution in [0.4, 0.5) is 0 Å². The highest BCUT2D eigenvalue weighted by Gasteiger charge is 2.59. The lowest BCUT2D eigenvalue weighted by atomic mass is 9.47. The minimum absolute atomic E-state index is 0.0375. The van der Waals surface area contributed by atoms with E-state index in [0.29, 0.717) is 29.3 Å². The standard InChI is InChI=1S/C21H30O2S/c1-4-24-19-16-6-5-13-14-7-8-18(23)21(14,3)11-9-15(13)20(16,2)12-10-17(19)22/h13-15H,4-12H2,1-3H3/t13-,14-,15-,20+,21-/m0/s1. The maximum absolute atomic E-state index is 12.5. The van der Waals surface area contributed by atoms with E-state index < -0.39 is 0 Å². The SMILES string of the molecule is CCSC1=C2CC[C@@H]3[C@H](CC[C@]4(C)C(=O)CC[C@@H]34)[C@@]2(C)CCC1=O. The Kier molecular flexibility index (Phi) is 4.02. The smallest absolute Gasteiger partial charge is 0.169 e. The molecule has 0 N–H and O–H groups in total. The predicted octanol–water partition coefficient (Wildman–Crippen LogP) is 5.17. The van der Waals surface area contributed by atoms with Crippen LogP contribution in [0.3, 0.4) is 0 Å². The van der Waals surface area contributed by atoms with Gasteiger partial charge in [0.05, 0.1) is 4.91 Å². The summed E-state index contributed by atoms with van der Waals surface area (Å²) in [6.07, 6.45) is 8.23. The fraction of sp³-hybridized carbons (Fsp3) is 0.810. The Balaban J connectivity index is 1.72. The molecule has 0 spiro atoms. The van der Waals surface area contributed by atoms with Crippen LogP contribution in [0.25, 0.3) is 0 Å². The summed E-state index contributed by atoms with van der Waals surface area (Å²) in [4.78, 5) is 26.1. The van der Waals surface area contributed by atoms with E-state index in [4.69, 9.17) is 0 Å². The van der Waals surface area contributed by atoms with Crippen molar-refractivity contribution in [1.82, 2.24) is 0 Å². The number of Topliss-reactive ketones (excluding diaryl/α,β-unsaturated/α-hetero) is 2. The Morgan fingerprint density at radius 1 is 0.958 bits per heavy atom. The second-order valence-electron chi connectivity index (χ2n) is 8.91. The van der Waals surface area contributed by atoms with Crippen molar-refractivity contribution in [2.45, 2.75) is 72.1 Å². The highest BCUT2D eigenvalue weighted by Crippen LogP contribution is 2.65. The lowest BCUT2D eigenvalue weighted by molar-refractivity contribution is -0.132. The van der Waals surface area contributed by atoms with Crippen LogP contribution in [0.5, 0.6) is 0 Å². The zero-order valence-corrected chi connectivity index (χ0v) is 16.1. The molecule has 3 saturated carbocycles. The molecular formula is C21H30O2S. The Morgan fingerprint density at radius 3 is 2.46 bits per heavy atom. The van der Waals surface area contributed by atoms with Crippen LogP contribution < -0.4 is 0 Å². The van der Waals surface area contributed by atoms with Crippen LogP contribution in [0.2, 0.25) is 0 Å². The number of thioether (sulfide) groups is 1. The van der Waals surface area contributed by atoms with Gasteiger partial charge in [-0.1, -0.05) is 20.8 Å². The topological polar surface area (TPSA) is 34.1 Å².